The Kier molecular flexibility index (Phi) is 7.40. The summed E-state index contributed by atoms with van der Waals surface area (Å²) >= 11 is 0. The molecule has 0 aliphatic carbocycles. The van der Waals surface area contributed by atoms with Crippen LogP contribution in [0, 0.1) is 0 Å². The lowest BCUT2D eigenvalue weighted by Gasteiger charge is -2.26. The van der Waals surface area contributed by atoms with E-state index < -0.39 is 10.0 Å². The van der Waals surface area contributed by atoms with Gasteiger partial charge in [0.2, 0.25) is 0 Å². The van der Waals surface area contributed by atoms with E-state index in [4.69, 9.17) is 0 Å². The molecule has 0 atom stereocenters. The molecule has 34 heavy (non-hydrogen) atoms. The molecule has 0 radical (unpaired) electrons. The third-order valence-electron chi connectivity index (χ3n) is 5.46. The van der Waals surface area contributed by atoms with Crippen LogP contribution >= 0.6 is 0 Å². The number of hydrogen-bond acceptors (Lipinski definition) is 3. The third-order valence-corrected chi connectivity index (χ3v) is 7.23. The molecule has 0 saturated carbocycles. The fourth-order valence-corrected chi connectivity index (χ4v) is 5.20. The number of carbonyl (C=O) groups excluding carboxylic acids is 1. The van der Waals surface area contributed by atoms with Gasteiger partial charge in [-0.1, -0.05) is 91.0 Å². The van der Waals surface area contributed by atoms with Crippen LogP contribution in [-0.2, 0) is 23.0 Å². The summed E-state index contributed by atoms with van der Waals surface area (Å²) < 4.78 is 28.7. The van der Waals surface area contributed by atoms with Crippen LogP contribution in [0.1, 0.15) is 21.5 Å². The van der Waals surface area contributed by atoms with E-state index >= 15 is 0 Å². The molecule has 172 valence electrons. The van der Waals surface area contributed by atoms with Crippen LogP contribution in [-0.4, -0.2) is 20.9 Å². The molecule has 0 bridgehead atoms. The molecule has 4 aromatic rings. The van der Waals surface area contributed by atoms with Crippen molar-refractivity contribution in [2.24, 2.45) is 0 Å². The van der Waals surface area contributed by atoms with Crippen molar-refractivity contribution in [3.8, 4) is 0 Å². The van der Waals surface area contributed by atoms with Crippen molar-refractivity contribution in [3.05, 3.63) is 132 Å². The minimum atomic E-state index is -3.92. The molecule has 1 N–H and O–H groups in total. The lowest BCUT2D eigenvalue weighted by molar-refractivity contribution is 0.0955. The largest absolute Gasteiger partial charge is 0.352 e. The van der Waals surface area contributed by atoms with Crippen LogP contribution in [0.4, 0.5) is 5.69 Å². The zero-order chi connectivity index (χ0) is 23.8. The smallest absolute Gasteiger partial charge is 0.264 e. The van der Waals surface area contributed by atoms with Crippen molar-refractivity contribution in [1.29, 1.82) is 0 Å². The zero-order valence-electron chi connectivity index (χ0n) is 18.7. The molecule has 0 aliphatic heterocycles. The van der Waals surface area contributed by atoms with Gasteiger partial charge in [-0.15, -0.1) is 0 Å². The minimum Gasteiger partial charge on any atom is -0.352 e. The fraction of sp³-hybridized carbons (Fsp3) is 0.107. The number of para-hydroxylation sites is 1. The standard InChI is InChI=1S/C28H26N2O3S/c31-28(29-21-20-23-12-4-1-5-13-23)26-18-10-11-19-27(26)30(22-24-14-6-2-7-15-24)34(32,33)25-16-8-3-9-17-25/h1-19H,20-22H2,(H,29,31). The number of nitrogens with one attached hydrogen (secondary N) is 1. The van der Waals surface area contributed by atoms with Crippen molar-refractivity contribution >= 4 is 21.6 Å². The van der Waals surface area contributed by atoms with Crippen LogP contribution in [0.2, 0.25) is 0 Å². The predicted molar refractivity (Wildman–Crippen MR) is 135 cm³/mol. The second-order valence-corrected chi connectivity index (χ2v) is 9.68. The summed E-state index contributed by atoms with van der Waals surface area (Å²) in [6, 6.07) is 34.3. The van der Waals surface area contributed by atoms with Gasteiger partial charge in [0.15, 0.2) is 0 Å². The highest BCUT2D eigenvalue weighted by molar-refractivity contribution is 7.92. The van der Waals surface area contributed by atoms with E-state index in [2.05, 4.69) is 5.32 Å². The normalized spacial score (nSPS) is 11.1. The molecule has 1 amide bonds. The van der Waals surface area contributed by atoms with Gasteiger partial charge in [-0.2, -0.15) is 0 Å². The Morgan fingerprint density at radius 2 is 1.21 bits per heavy atom. The van der Waals surface area contributed by atoms with Gasteiger partial charge in [0.25, 0.3) is 15.9 Å². The monoisotopic (exact) mass is 470 g/mol. The van der Waals surface area contributed by atoms with E-state index in [-0.39, 0.29) is 17.3 Å². The van der Waals surface area contributed by atoms with Crippen molar-refractivity contribution in [3.63, 3.8) is 0 Å². The number of benzene rings is 4. The maximum Gasteiger partial charge on any atom is 0.264 e. The van der Waals surface area contributed by atoms with Crippen LogP contribution in [0.5, 0.6) is 0 Å². The Morgan fingerprint density at radius 3 is 1.85 bits per heavy atom. The first-order valence-electron chi connectivity index (χ1n) is 11.1. The molecule has 6 heteroatoms. The topological polar surface area (TPSA) is 66.5 Å². The van der Waals surface area contributed by atoms with Gasteiger partial charge in [0, 0.05) is 6.54 Å². The molecule has 4 aromatic carbocycles. The molecule has 0 heterocycles. The molecule has 0 saturated heterocycles. The second-order valence-electron chi connectivity index (χ2n) is 7.82. The minimum absolute atomic E-state index is 0.104. The van der Waals surface area contributed by atoms with Crippen LogP contribution < -0.4 is 9.62 Å². The summed E-state index contributed by atoms with van der Waals surface area (Å²) in [6.45, 7) is 0.549. The van der Waals surface area contributed by atoms with Crippen LogP contribution in [0.15, 0.2) is 120 Å². The Morgan fingerprint density at radius 1 is 0.676 bits per heavy atom. The summed E-state index contributed by atoms with van der Waals surface area (Å²) in [6.07, 6.45) is 0.685. The molecular formula is C28H26N2O3S. The van der Waals surface area contributed by atoms with Gasteiger partial charge in [0.05, 0.1) is 22.7 Å². The average Bonchev–Trinajstić information content (AvgIpc) is 2.89. The second kappa shape index (κ2) is 10.8. The van der Waals surface area contributed by atoms with E-state index in [9.17, 15) is 13.2 Å². The predicted octanol–water partition coefficient (Wildman–Crippen LogP) is 5.05. The average molecular weight is 471 g/mol. The number of carbonyl (C=O) groups is 1. The molecular weight excluding hydrogens is 444 g/mol. The molecule has 0 fully saturated rings. The highest BCUT2D eigenvalue weighted by Gasteiger charge is 2.28. The number of nitrogens with zero attached hydrogens (tertiary/aromatic N) is 1. The zero-order valence-corrected chi connectivity index (χ0v) is 19.5. The Labute approximate surface area is 200 Å². The number of rotatable bonds is 9. The Hall–Kier alpha value is -3.90. The summed E-state index contributed by atoms with van der Waals surface area (Å²) in [7, 11) is -3.92. The molecule has 0 aromatic heterocycles. The van der Waals surface area contributed by atoms with Crippen molar-refractivity contribution in [2.45, 2.75) is 17.9 Å². The van der Waals surface area contributed by atoms with Gasteiger partial charge < -0.3 is 5.32 Å². The summed E-state index contributed by atoms with van der Waals surface area (Å²) in [5.41, 5.74) is 2.59. The van der Waals surface area contributed by atoms with Gasteiger partial charge >= 0.3 is 0 Å². The van der Waals surface area contributed by atoms with Crippen molar-refractivity contribution < 1.29 is 13.2 Å². The first-order valence-corrected chi connectivity index (χ1v) is 12.5. The summed E-state index contributed by atoms with van der Waals surface area (Å²) in [5.74, 6) is -0.312. The van der Waals surface area contributed by atoms with Crippen molar-refractivity contribution in [2.75, 3.05) is 10.8 Å². The molecule has 0 spiro atoms. The first-order chi connectivity index (χ1) is 16.6. The fourth-order valence-electron chi connectivity index (χ4n) is 3.71. The highest BCUT2D eigenvalue weighted by atomic mass is 32.2. The quantitative estimate of drug-likeness (QED) is 0.372. The third kappa shape index (κ3) is 5.53. The maximum absolute atomic E-state index is 13.7. The molecule has 5 nitrogen and oxygen atoms in total. The number of amides is 1. The molecule has 4 rings (SSSR count). The van der Waals surface area contributed by atoms with Crippen LogP contribution in [0.3, 0.4) is 0 Å². The lowest BCUT2D eigenvalue weighted by Crippen LogP contribution is -2.34. The van der Waals surface area contributed by atoms with E-state index in [0.29, 0.717) is 24.2 Å². The van der Waals surface area contributed by atoms with E-state index in [1.165, 1.54) is 4.31 Å². The van der Waals surface area contributed by atoms with Gasteiger partial charge in [0.1, 0.15) is 0 Å². The summed E-state index contributed by atoms with van der Waals surface area (Å²) in [5, 5.41) is 2.94. The van der Waals surface area contributed by atoms with Gasteiger partial charge in [-0.25, -0.2) is 8.42 Å². The maximum atomic E-state index is 13.7. The van der Waals surface area contributed by atoms with Gasteiger partial charge in [-0.05, 0) is 41.8 Å². The van der Waals surface area contributed by atoms with E-state index in [1.54, 1.807) is 54.6 Å². The number of sulfonamides is 1. The van der Waals surface area contributed by atoms with Crippen LogP contribution in [0.25, 0.3) is 0 Å². The molecule has 0 aliphatic rings. The SMILES string of the molecule is O=C(NCCc1ccccc1)c1ccccc1N(Cc1ccccc1)S(=O)(=O)c1ccccc1. The Balaban J connectivity index is 1.66. The summed E-state index contributed by atoms with van der Waals surface area (Å²) in [4.78, 5) is 13.3. The van der Waals surface area contributed by atoms with Crippen molar-refractivity contribution in [1.82, 2.24) is 5.32 Å². The Bertz CT molecular complexity index is 1330. The number of hydrogen-bond donors (Lipinski definition) is 1. The van der Waals surface area contributed by atoms with E-state index in [1.807, 2.05) is 60.7 Å². The lowest BCUT2D eigenvalue weighted by atomic mass is 10.1. The first kappa shape index (κ1) is 23.3. The highest BCUT2D eigenvalue weighted by Crippen LogP contribution is 2.29. The molecule has 0 unspecified atom stereocenters. The number of anilines is 1. The van der Waals surface area contributed by atoms with Gasteiger partial charge in [-0.3, -0.25) is 9.10 Å². The van der Waals surface area contributed by atoms with E-state index in [0.717, 1.165) is 11.1 Å².